The number of nitrogens with zero attached hydrogens (tertiary/aromatic N) is 4. The van der Waals surface area contributed by atoms with Gasteiger partial charge in [-0.05, 0) is 80.0 Å². The molecule has 3 rings (SSSR count). The average Bonchev–Trinajstić information content (AvgIpc) is 3.11. The number of aryl methyl sites for hydroxylation is 3. The van der Waals surface area contributed by atoms with Crippen LogP contribution in [0.25, 0.3) is 0 Å². The summed E-state index contributed by atoms with van der Waals surface area (Å²) in [5, 5.41) is 17.5. The van der Waals surface area contributed by atoms with Crippen molar-refractivity contribution in [2.75, 3.05) is 11.9 Å². The normalized spacial score (nSPS) is 11.1. The summed E-state index contributed by atoms with van der Waals surface area (Å²) >= 11 is 21.4. The van der Waals surface area contributed by atoms with Crippen molar-refractivity contribution < 1.29 is 0 Å². The molecule has 0 aliphatic heterocycles. The molecule has 166 valence electrons. The lowest BCUT2D eigenvalue weighted by Gasteiger charge is -2.12. The zero-order valence-corrected chi connectivity index (χ0v) is 21.8. The highest BCUT2D eigenvalue weighted by Gasteiger charge is 2.14. The standard InChI is InChI=1S/C21H25BrCl2N6S/c1-12-19(22)14(3)29(27-12)9-5-8-25-21(31)26-20-13(2)28-30(15(20)4)11-16-6-7-17(23)10-18(16)24/h6-7,10H,5,8-9,11H2,1-4H3,(H2,25,26,31). The molecule has 0 atom stereocenters. The van der Waals surface area contributed by atoms with E-state index in [1.165, 1.54) is 0 Å². The van der Waals surface area contributed by atoms with E-state index in [4.69, 9.17) is 35.4 Å². The second-order valence-corrected chi connectivity index (χ2v) is 9.43. The van der Waals surface area contributed by atoms with Crippen LogP contribution in [0, 0.1) is 27.7 Å². The summed E-state index contributed by atoms with van der Waals surface area (Å²) in [6, 6.07) is 5.49. The van der Waals surface area contributed by atoms with Crippen molar-refractivity contribution in [1.29, 1.82) is 0 Å². The molecular weight excluding hydrogens is 519 g/mol. The van der Waals surface area contributed by atoms with Gasteiger partial charge in [-0.2, -0.15) is 10.2 Å². The first kappa shape index (κ1) is 24.0. The Morgan fingerprint density at radius 2 is 1.77 bits per heavy atom. The maximum atomic E-state index is 6.32. The van der Waals surface area contributed by atoms with Gasteiger partial charge in [-0.15, -0.1) is 0 Å². The number of halogens is 3. The van der Waals surface area contributed by atoms with Crippen molar-refractivity contribution in [3.05, 3.63) is 61.1 Å². The smallest absolute Gasteiger partial charge is 0.170 e. The fourth-order valence-corrected chi connectivity index (χ4v) is 4.28. The van der Waals surface area contributed by atoms with E-state index >= 15 is 0 Å². The van der Waals surface area contributed by atoms with Crippen molar-refractivity contribution >= 4 is 62.1 Å². The Labute approximate surface area is 206 Å². The van der Waals surface area contributed by atoms with Crippen LogP contribution < -0.4 is 10.6 Å². The molecule has 10 heteroatoms. The minimum Gasteiger partial charge on any atom is -0.362 e. The molecule has 0 aliphatic carbocycles. The molecule has 0 amide bonds. The molecule has 0 bridgehead atoms. The van der Waals surface area contributed by atoms with Crippen molar-refractivity contribution in [3.8, 4) is 0 Å². The Bertz CT molecular complexity index is 1110. The van der Waals surface area contributed by atoms with E-state index in [0.29, 0.717) is 21.7 Å². The summed E-state index contributed by atoms with van der Waals surface area (Å²) in [5.74, 6) is 0. The molecule has 6 nitrogen and oxygen atoms in total. The molecule has 0 unspecified atom stereocenters. The van der Waals surface area contributed by atoms with E-state index in [2.05, 4.69) is 43.7 Å². The molecule has 0 fully saturated rings. The van der Waals surface area contributed by atoms with Gasteiger partial charge in [0.15, 0.2) is 5.11 Å². The van der Waals surface area contributed by atoms with Crippen molar-refractivity contribution in [2.45, 2.75) is 47.2 Å². The Kier molecular flexibility index (Phi) is 8.02. The molecule has 1 aromatic carbocycles. The highest BCUT2D eigenvalue weighted by molar-refractivity contribution is 9.10. The summed E-state index contributed by atoms with van der Waals surface area (Å²) in [5.41, 5.74) is 5.87. The first-order chi connectivity index (χ1) is 14.7. The first-order valence-corrected chi connectivity index (χ1v) is 11.9. The maximum Gasteiger partial charge on any atom is 0.170 e. The first-order valence-electron chi connectivity index (χ1n) is 9.89. The molecule has 3 aromatic rings. The summed E-state index contributed by atoms with van der Waals surface area (Å²) in [6.45, 7) is 10.2. The molecule has 0 spiro atoms. The van der Waals surface area contributed by atoms with Gasteiger partial charge < -0.3 is 10.6 Å². The zero-order chi connectivity index (χ0) is 22.7. The van der Waals surface area contributed by atoms with Crippen LogP contribution in [-0.4, -0.2) is 31.2 Å². The van der Waals surface area contributed by atoms with Crippen molar-refractivity contribution in [3.63, 3.8) is 0 Å². The average molecular weight is 544 g/mol. The maximum absolute atomic E-state index is 6.32. The third-order valence-electron chi connectivity index (χ3n) is 5.08. The zero-order valence-electron chi connectivity index (χ0n) is 17.9. The second kappa shape index (κ2) is 10.3. The summed E-state index contributed by atoms with van der Waals surface area (Å²) in [4.78, 5) is 0. The number of hydrogen-bond donors (Lipinski definition) is 2. The van der Waals surface area contributed by atoms with Crippen LogP contribution in [0.1, 0.15) is 34.8 Å². The molecule has 2 aromatic heterocycles. The second-order valence-electron chi connectivity index (χ2n) is 7.38. The van der Waals surface area contributed by atoms with Crippen LogP contribution in [0.3, 0.4) is 0 Å². The lowest BCUT2D eigenvalue weighted by Crippen LogP contribution is -2.30. The minimum absolute atomic E-state index is 0.558. The van der Waals surface area contributed by atoms with E-state index in [1.54, 1.807) is 6.07 Å². The fourth-order valence-electron chi connectivity index (χ4n) is 3.32. The summed E-state index contributed by atoms with van der Waals surface area (Å²) in [7, 11) is 0. The number of anilines is 1. The van der Waals surface area contributed by atoms with Gasteiger partial charge in [-0.3, -0.25) is 9.36 Å². The van der Waals surface area contributed by atoms with E-state index in [1.807, 2.05) is 42.3 Å². The lowest BCUT2D eigenvalue weighted by atomic mass is 10.2. The van der Waals surface area contributed by atoms with Crippen molar-refractivity contribution in [2.24, 2.45) is 0 Å². The number of nitrogens with one attached hydrogen (secondary N) is 2. The Balaban J connectivity index is 1.55. The van der Waals surface area contributed by atoms with E-state index in [9.17, 15) is 0 Å². The minimum atomic E-state index is 0.558. The van der Waals surface area contributed by atoms with Crippen LogP contribution in [0.2, 0.25) is 10.0 Å². The van der Waals surface area contributed by atoms with Gasteiger partial charge in [-0.1, -0.05) is 29.3 Å². The summed E-state index contributed by atoms with van der Waals surface area (Å²) < 4.78 is 4.99. The third kappa shape index (κ3) is 5.80. The highest BCUT2D eigenvalue weighted by atomic mass is 79.9. The largest absolute Gasteiger partial charge is 0.362 e. The predicted molar refractivity (Wildman–Crippen MR) is 136 cm³/mol. The monoisotopic (exact) mass is 542 g/mol. The Hall–Kier alpha value is -1.61. The molecule has 2 heterocycles. The van der Waals surface area contributed by atoms with Crippen LogP contribution >= 0.6 is 51.3 Å². The van der Waals surface area contributed by atoms with Crippen molar-refractivity contribution in [1.82, 2.24) is 24.9 Å². The fraction of sp³-hybridized carbons (Fsp3) is 0.381. The molecule has 0 aliphatic rings. The van der Waals surface area contributed by atoms with Crippen LogP contribution in [-0.2, 0) is 13.1 Å². The molecule has 0 saturated heterocycles. The highest BCUT2D eigenvalue weighted by Crippen LogP contribution is 2.25. The van der Waals surface area contributed by atoms with Crippen LogP contribution in [0.5, 0.6) is 0 Å². The molecule has 0 saturated carbocycles. The van der Waals surface area contributed by atoms with E-state index in [0.717, 1.165) is 58.0 Å². The van der Waals surface area contributed by atoms with Gasteiger partial charge in [0.05, 0.1) is 33.8 Å². The third-order valence-corrected chi connectivity index (χ3v) is 7.06. The van der Waals surface area contributed by atoms with Gasteiger partial charge in [0.25, 0.3) is 0 Å². The molecule has 0 radical (unpaired) electrons. The molecular formula is C21H25BrCl2N6S. The number of aromatic nitrogens is 4. The number of rotatable bonds is 7. The quantitative estimate of drug-likeness (QED) is 0.291. The van der Waals surface area contributed by atoms with Gasteiger partial charge in [0, 0.05) is 28.8 Å². The summed E-state index contributed by atoms with van der Waals surface area (Å²) in [6.07, 6.45) is 0.905. The van der Waals surface area contributed by atoms with E-state index in [-0.39, 0.29) is 0 Å². The van der Waals surface area contributed by atoms with Gasteiger partial charge >= 0.3 is 0 Å². The topological polar surface area (TPSA) is 59.7 Å². The van der Waals surface area contributed by atoms with Gasteiger partial charge in [-0.25, -0.2) is 0 Å². The van der Waals surface area contributed by atoms with Crippen LogP contribution in [0.4, 0.5) is 5.69 Å². The molecule has 31 heavy (non-hydrogen) atoms. The number of thiocarbonyl (C=S) groups is 1. The van der Waals surface area contributed by atoms with Crippen LogP contribution in [0.15, 0.2) is 22.7 Å². The Morgan fingerprint density at radius 1 is 1.06 bits per heavy atom. The number of benzene rings is 1. The predicted octanol–water partition coefficient (Wildman–Crippen LogP) is 5.81. The van der Waals surface area contributed by atoms with Gasteiger partial charge in [0.1, 0.15) is 0 Å². The Morgan fingerprint density at radius 3 is 2.42 bits per heavy atom. The SMILES string of the molecule is Cc1nn(CCCNC(=S)Nc2c(C)nn(Cc3ccc(Cl)cc3Cl)c2C)c(C)c1Br. The number of hydrogen-bond acceptors (Lipinski definition) is 3. The van der Waals surface area contributed by atoms with E-state index < -0.39 is 0 Å². The van der Waals surface area contributed by atoms with Gasteiger partial charge in [0.2, 0.25) is 0 Å². The molecule has 2 N–H and O–H groups in total. The lowest BCUT2D eigenvalue weighted by molar-refractivity contribution is 0.558.